The van der Waals surface area contributed by atoms with Crippen molar-refractivity contribution in [1.82, 2.24) is 0 Å². The molecule has 0 saturated carbocycles. The van der Waals surface area contributed by atoms with E-state index >= 15 is 0 Å². The van der Waals surface area contributed by atoms with Crippen LogP contribution in [-0.4, -0.2) is 0 Å². The van der Waals surface area contributed by atoms with Crippen molar-refractivity contribution >= 4 is 48.9 Å². The van der Waals surface area contributed by atoms with Gasteiger partial charge < -0.3 is 5.32 Å². The van der Waals surface area contributed by atoms with Crippen molar-refractivity contribution in [3.05, 3.63) is 48.5 Å². The minimum absolute atomic E-state index is 0.0770. The van der Waals surface area contributed by atoms with Gasteiger partial charge in [0, 0.05) is 10.9 Å². The molecule has 106 valence electrons. The highest BCUT2D eigenvalue weighted by Gasteiger charge is 2.23. The molecule has 1 nitrogen and oxygen atoms in total. The van der Waals surface area contributed by atoms with E-state index in [1.54, 1.807) is 11.3 Å². The summed E-state index contributed by atoms with van der Waals surface area (Å²) in [5.41, 5.74) is 1.55. The maximum atomic E-state index is 13.8. The standard InChI is InChI=1S/C14H11Br2F2NS/c15-8-5-12(10(18)6-9(8)17)19-11-2-1-3-13-7(11)4-14(16)20-13/h4-6,11,19H,1-3H2. The molecule has 0 spiro atoms. The first-order valence-corrected chi connectivity index (χ1v) is 8.64. The summed E-state index contributed by atoms with van der Waals surface area (Å²) < 4.78 is 28.5. The molecule has 20 heavy (non-hydrogen) atoms. The minimum Gasteiger partial charge on any atom is -0.376 e. The molecule has 6 heteroatoms. The molecule has 0 amide bonds. The highest BCUT2D eigenvalue weighted by atomic mass is 79.9. The molecule has 1 aliphatic rings. The second-order valence-corrected chi connectivity index (χ2v) is 8.13. The zero-order valence-corrected chi connectivity index (χ0v) is 14.3. The lowest BCUT2D eigenvalue weighted by molar-refractivity contribution is 0.570. The number of nitrogens with one attached hydrogen (secondary N) is 1. The molecule has 0 radical (unpaired) electrons. The first-order valence-electron chi connectivity index (χ1n) is 6.24. The third-order valence-electron chi connectivity index (χ3n) is 3.42. The lowest BCUT2D eigenvalue weighted by atomic mass is 9.94. The smallest absolute Gasteiger partial charge is 0.149 e. The van der Waals surface area contributed by atoms with Gasteiger partial charge >= 0.3 is 0 Å². The summed E-state index contributed by atoms with van der Waals surface area (Å²) >= 11 is 8.32. The second-order valence-electron chi connectivity index (χ2n) is 4.76. The molecule has 1 aromatic carbocycles. The van der Waals surface area contributed by atoms with Gasteiger partial charge in [-0.2, -0.15) is 0 Å². The summed E-state index contributed by atoms with van der Waals surface area (Å²) in [5, 5.41) is 3.20. The Labute approximate surface area is 136 Å². The van der Waals surface area contributed by atoms with Gasteiger partial charge in [0.25, 0.3) is 0 Å². The number of hydrogen-bond acceptors (Lipinski definition) is 2. The van der Waals surface area contributed by atoms with Crippen LogP contribution in [-0.2, 0) is 6.42 Å². The fraction of sp³-hybridized carbons (Fsp3) is 0.286. The van der Waals surface area contributed by atoms with Gasteiger partial charge in [0.15, 0.2) is 0 Å². The molecule has 0 bridgehead atoms. The van der Waals surface area contributed by atoms with E-state index in [0.717, 1.165) is 29.1 Å². The lowest BCUT2D eigenvalue weighted by Crippen LogP contribution is -2.16. The van der Waals surface area contributed by atoms with E-state index in [2.05, 4.69) is 43.2 Å². The number of fused-ring (bicyclic) bond motifs is 1. The van der Waals surface area contributed by atoms with Crippen LogP contribution < -0.4 is 5.32 Å². The molecule has 1 aromatic heterocycles. The van der Waals surface area contributed by atoms with E-state index in [9.17, 15) is 8.78 Å². The third kappa shape index (κ3) is 2.78. The first-order chi connectivity index (χ1) is 9.54. The summed E-state index contributed by atoms with van der Waals surface area (Å²) in [6, 6.07) is 4.53. The predicted molar refractivity (Wildman–Crippen MR) is 85.4 cm³/mol. The Morgan fingerprint density at radius 3 is 2.75 bits per heavy atom. The molecular weight excluding hydrogens is 412 g/mol. The van der Waals surface area contributed by atoms with Crippen LogP contribution in [0.3, 0.4) is 0 Å². The molecular formula is C14H11Br2F2NS. The van der Waals surface area contributed by atoms with Crippen molar-refractivity contribution in [3.8, 4) is 0 Å². The van der Waals surface area contributed by atoms with Crippen LogP contribution in [0.15, 0.2) is 26.5 Å². The van der Waals surface area contributed by atoms with Crippen molar-refractivity contribution in [3.63, 3.8) is 0 Å². The summed E-state index contributed by atoms with van der Waals surface area (Å²) in [6.45, 7) is 0. The number of hydrogen-bond donors (Lipinski definition) is 1. The fourth-order valence-corrected chi connectivity index (χ4v) is 4.66. The molecule has 1 aliphatic carbocycles. The van der Waals surface area contributed by atoms with Gasteiger partial charge in [-0.25, -0.2) is 8.78 Å². The molecule has 0 fully saturated rings. The van der Waals surface area contributed by atoms with Gasteiger partial charge in [-0.1, -0.05) is 0 Å². The molecule has 0 aliphatic heterocycles. The summed E-state index contributed by atoms with van der Waals surface area (Å²) in [7, 11) is 0. The summed E-state index contributed by atoms with van der Waals surface area (Å²) in [5.74, 6) is -1.15. The van der Waals surface area contributed by atoms with Gasteiger partial charge in [-0.05, 0) is 68.8 Å². The van der Waals surface area contributed by atoms with Crippen molar-refractivity contribution < 1.29 is 8.78 Å². The first kappa shape index (κ1) is 14.5. The van der Waals surface area contributed by atoms with E-state index in [1.165, 1.54) is 16.5 Å². The zero-order valence-electron chi connectivity index (χ0n) is 10.4. The van der Waals surface area contributed by atoms with Crippen LogP contribution in [0.2, 0.25) is 0 Å². The van der Waals surface area contributed by atoms with Crippen LogP contribution in [0.1, 0.15) is 29.3 Å². The van der Waals surface area contributed by atoms with Crippen LogP contribution in [0.25, 0.3) is 0 Å². The number of aryl methyl sites for hydroxylation is 1. The van der Waals surface area contributed by atoms with Gasteiger partial charge in [0.2, 0.25) is 0 Å². The summed E-state index contributed by atoms with van der Waals surface area (Å²) in [4.78, 5) is 1.34. The lowest BCUT2D eigenvalue weighted by Gasteiger charge is -2.25. The Morgan fingerprint density at radius 2 is 1.95 bits per heavy atom. The van der Waals surface area contributed by atoms with Gasteiger partial charge in [-0.15, -0.1) is 11.3 Å². The van der Waals surface area contributed by atoms with Crippen molar-refractivity contribution in [1.29, 1.82) is 0 Å². The van der Waals surface area contributed by atoms with Gasteiger partial charge in [-0.3, -0.25) is 0 Å². The number of benzene rings is 1. The maximum Gasteiger partial charge on any atom is 0.149 e. The SMILES string of the molecule is Fc1cc(F)c(NC2CCCc3sc(Br)cc32)cc1Br. The highest BCUT2D eigenvalue weighted by molar-refractivity contribution is 9.11. The normalized spacial score (nSPS) is 17.9. The average Bonchev–Trinajstić information content (AvgIpc) is 2.77. The zero-order chi connectivity index (χ0) is 14.3. The van der Waals surface area contributed by atoms with E-state index in [1.807, 2.05) is 0 Å². The third-order valence-corrected chi connectivity index (χ3v) is 5.74. The van der Waals surface area contributed by atoms with Crippen molar-refractivity contribution in [2.45, 2.75) is 25.3 Å². The monoisotopic (exact) mass is 421 g/mol. The number of rotatable bonds is 2. The van der Waals surface area contributed by atoms with Gasteiger partial charge in [0.05, 0.1) is 20.0 Å². The molecule has 1 N–H and O–H groups in total. The molecule has 3 rings (SSSR count). The molecule has 1 unspecified atom stereocenters. The maximum absolute atomic E-state index is 13.8. The van der Waals surface area contributed by atoms with E-state index < -0.39 is 11.6 Å². The Morgan fingerprint density at radius 1 is 1.15 bits per heavy atom. The van der Waals surface area contributed by atoms with Crippen LogP contribution in [0.5, 0.6) is 0 Å². The van der Waals surface area contributed by atoms with E-state index in [4.69, 9.17) is 0 Å². The Balaban J connectivity index is 1.91. The Kier molecular flexibility index (Phi) is 4.15. The van der Waals surface area contributed by atoms with Crippen molar-refractivity contribution in [2.24, 2.45) is 0 Å². The van der Waals surface area contributed by atoms with Crippen LogP contribution >= 0.6 is 43.2 Å². The topological polar surface area (TPSA) is 12.0 Å². The quantitative estimate of drug-likeness (QED) is 0.581. The number of anilines is 1. The van der Waals surface area contributed by atoms with Crippen LogP contribution in [0.4, 0.5) is 14.5 Å². The minimum atomic E-state index is -0.587. The fourth-order valence-electron chi connectivity index (χ4n) is 2.49. The second kappa shape index (κ2) is 5.73. The van der Waals surface area contributed by atoms with E-state index in [0.29, 0.717) is 5.69 Å². The molecule has 1 heterocycles. The highest BCUT2D eigenvalue weighted by Crippen LogP contribution is 2.40. The number of halogens is 4. The van der Waals surface area contributed by atoms with Crippen LogP contribution in [0, 0.1) is 11.6 Å². The Bertz CT molecular complexity index is 657. The number of thiophene rings is 1. The summed E-state index contributed by atoms with van der Waals surface area (Å²) in [6.07, 6.45) is 3.09. The van der Waals surface area contributed by atoms with E-state index in [-0.39, 0.29) is 10.5 Å². The Hall–Kier alpha value is -0.460. The largest absolute Gasteiger partial charge is 0.376 e. The van der Waals surface area contributed by atoms with Gasteiger partial charge in [0.1, 0.15) is 11.6 Å². The average molecular weight is 423 g/mol. The molecule has 2 aromatic rings. The van der Waals surface area contributed by atoms with Crippen molar-refractivity contribution in [2.75, 3.05) is 5.32 Å². The predicted octanol–water partition coefficient (Wildman–Crippen LogP) is 6.04. The molecule has 0 saturated heterocycles. The molecule has 1 atom stereocenters.